The molecule has 0 spiro atoms. The van der Waals surface area contributed by atoms with Crippen LogP contribution in [-0.4, -0.2) is 27.6 Å². The smallest absolute Gasteiger partial charge is 0.233 e. The predicted molar refractivity (Wildman–Crippen MR) is 105 cm³/mol. The number of hydrogen-bond acceptors (Lipinski definition) is 2. The van der Waals surface area contributed by atoms with Crippen LogP contribution in [0.15, 0.2) is 71.5 Å². The van der Waals surface area contributed by atoms with Crippen LogP contribution in [0.4, 0.5) is 0 Å². The van der Waals surface area contributed by atoms with Gasteiger partial charge in [-0.1, -0.05) is 46.3 Å². The summed E-state index contributed by atoms with van der Waals surface area (Å²) in [7, 11) is 1.88. The number of aromatic nitrogens is 2. The van der Waals surface area contributed by atoms with Gasteiger partial charge in [0.05, 0.1) is 17.3 Å². The number of amides is 1. The Balaban J connectivity index is 1.48. The SMILES string of the molecule is CN(Cc1cnn(-c2ccccc2)c1)C(=O)C1(c2ccc(Br)cc2)CC1. The zero-order valence-electron chi connectivity index (χ0n) is 14.6. The first-order valence-electron chi connectivity index (χ1n) is 8.69. The Bertz CT molecular complexity index is 914. The molecule has 1 aromatic heterocycles. The van der Waals surface area contributed by atoms with Gasteiger partial charge in [-0.05, 0) is 42.7 Å². The molecule has 0 unspecified atom stereocenters. The third-order valence-electron chi connectivity index (χ3n) is 4.98. The Morgan fingerprint density at radius 2 is 1.85 bits per heavy atom. The Labute approximate surface area is 161 Å². The van der Waals surface area contributed by atoms with E-state index in [9.17, 15) is 4.79 Å². The topological polar surface area (TPSA) is 38.1 Å². The van der Waals surface area contributed by atoms with E-state index in [2.05, 4.69) is 33.2 Å². The van der Waals surface area contributed by atoms with Gasteiger partial charge in [0.2, 0.25) is 5.91 Å². The van der Waals surface area contributed by atoms with E-state index >= 15 is 0 Å². The highest BCUT2D eigenvalue weighted by atomic mass is 79.9. The maximum atomic E-state index is 13.1. The molecule has 1 saturated carbocycles. The molecule has 0 radical (unpaired) electrons. The molecule has 1 amide bonds. The van der Waals surface area contributed by atoms with E-state index in [-0.39, 0.29) is 11.3 Å². The number of benzene rings is 2. The van der Waals surface area contributed by atoms with Crippen molar-refractivity contribution < 1.29 is 4.79 Å². The minimum absolute atomic E-state index is 0.187. The van der Waals surface area contributed by atoms with Crippen LogP contribution >= 0.6 is 15.9 Å². The van der Waals surface area contributed by atoms with Crippen molar-refractivity contribution in [3.8, 4) is 5.69 Å². The molecule has 5 heteroatoms. The lowest BCUT2D eigenvalue weighted by Gasteiger charge is -2.23. The number of para-hydroxylation sites is 1. The summed E-state index contributed by atoms with van der Waals surface area (Å²) in [6.07, 6.45) is 5.65. The quantitative estimate of drug-likeness (QED) is 0.628. The second-order valence-corrected chi connectivity index (χ2v) is 7.79. The average Bonchev–Trinajstić information content (AvgIpc) is 3.35. The van der Waals surface area contributed by atoms with Crippen LogP contribution in [0.3, 0.4) is 0 Å². The Morgan fingerprint density at radius 3 is 2.50 bits per heavy atom. The molecule has 0 atom stereocenters. The Morgan fingerprint density at radius 1 is 1.15 bits per heavy atom. The third kappa shape index (κ3) is 3.19. The van der Waals surface area contributed by atoms with Crippen molar-refractivity contribution >= 4 is 21.8 Å². The van der Waals surface area contributed by atoms with Crippen molar-refractivity contribution in [2.24, 2.45) is 0 Å². The second kappa shape index (κ2) is 6.72. The molecule has 0 bridgehead atoms. The monoisotopic (exact) mass is 409 g/mol. The summed E-state index contributed by atoms with van der Waals surface area (Å²) in [5.41, 5.74) is 2.81. The maximum Gasteiger partial charge on any atom is 0.233 e. The normalized spacial score (nSPS) is 14.8. The van der Waals surface area contributed by atoms with Crippen molar-refractivity contribution in [2.45, 2.75) is 24.8 Å². The van der Waals surface area contributed by atoms with E-state index in [1.807, 2.05) is 71.5 Å². The lowest BCUT2D eigenvalue weighted by molar-refractivity contribution is -0.133. The maximum absolute atomic E-state index is 13.1. The number of carbonyl (C=O) groups excluding carboxylic acids is 1. The summed E-state index contributed by atoms with van der Waals surface area (Å²) in [4.78, 5) is 14.9. The fraction of sp³-hybridized carbons (Fsp3) is 0.238. The highest BCUT2D eigenvalue weighted by molar-refractivity contribution is 9.10. The molecule has 2 aromatic carbocycles. The average molecular weight is 410 g/mol. The van der Waals surface area contributed by atoms with Crippen LogP contribution in [0.5, 0.6) is 0 Å². The summed E-state index contributed by atoms with van der Waals surface area (Å²) >= 11 is 3.46. The van der Waals surface area contributed by atoms with Crippen molar-refractivity contribution in [3.05, 3.63) is 82.6 Å². The molecule has 1 fully saturated rings. The third-order valence-corrected chi connectivity index (χ3v) is 5.51. The minimum Gasteiger partial charge on any atom is -0.341 e. The molecule has 3 aromatic rings. The number of rotatable bonds is 5. The zero-order chi connectivity index (χ0) is 18.1. The number of hydrogen-bond donors (Lipinski definition) is 0. The standard InChI is InChI=1S/C21H20BrN3O/c1-24(14-16-13-23-25(15-16)19-5-3-2-4-6-19)20(26)21(11-12-21)17-7-9-18(22)10-8-17/h2-10,13,15H,11-12,14H2,1H3. The Kier molecular flexibility index (Phi) is 4.41. The fourth-order valence-corrected chi connectivity index (χ4v) is 3.66. The Hall–Kier alpha value is -2.40. The zero-order valence-corrected chi connectivity index (χ0v) is 16.2. The van der Waals surface area contributed by atoms with E-state index in [1.54, 1.807) is 0 Å². The van der Waals surface area contributed by atoms with Gasteiger partial charge in [-0.15, -0.1) is 0 Å². The predicted octanol–water partition coefficient (Wildman–Crippen LogP) is 4.33. The van der Waals surface area contributed by atoms with E-state index in [1.165, 1.54) is 0 Å². The first-order chi connectivity index (χ1) is 12.6. The van der Waals surface area contributed by atoms with Gasteiger partial charge in [-0.2, -0.15) is 5.10 Å². The van der Waals surface area contributed by atoms with Crippen LogP contribution in [0, 0.1) is 0 Å². The number of halogens is 1. The van der Waals surface area contributed by atoms with Crippen molar-refractivity contribution in [3.63, 3.8) is 0 Å². The minimum atomic E-state index is -0.342. The van der Waals surface area contributed by atoms with Gasteiger partial charge in [0.1, 0.15) is 0 Å². The molecular formula is C21H20BrN3O. The second-order valence-electron chi connectivity index (χ2n) is 6.88. The van der Waals surface area contributed by atoms with Gasteiger partial charge in [-0.25, -0.2) is 4.68 Å². The number of nitrogens with zero attached hydrogens (tertiary/aromatic N) is 3. The molecule has 1 aliphatic rings. The molecular weight excluding hydrogens is 390 g/mol. The molecule has 4 nitrogen and oxygen atoms in total. The number of carbonyl (C=O) groups is 1. The largest absolute Gasteiger partial charge is 0.341 e. The highest BCUT2D eigenvalue weighted by Gasteiger charge is 2.52. The van der Waals surface area contributed by atoms with Crippen LogP contribution in [0.25, 0.3) is 5.69 Å². The summed E-state index contributed by atoms with van der Waals surface area (Å²) in [5.74, 6) is 0.187. The molecule has 0 N–H and O–H groups in total. The van der Waals surface area contributed by atoms with E-state index in [4.69, 9.17) is 0 Å². The van der Waals surface area contributed by atoms with Gasteiger partial charge in [0.25, 0.3) is 0 Å². The van der Waals surface area contributed by atoms with Gasteiger partial charge in [-0.3, -0.25) is 4.79 Å². The summed E-state index contributed by atoms with van der Waals surface area (Å²) in [6.45, 7) is 0.559. The molecule has 132 valence electrons. The molecule has 26 heavy (non-hydrogen) atoms. The van der Waals surface area contributed by atoms with Crippen LogP contribution in [0.2, 0.25) is 0 Å². The first-order valence-corrected chi connectivity index (χ1v) is 9.48. The molecule has 0 saturated heterocycles. The molecule has 1 aliphatic carbocycles. The lowest BCUT2D eigenvalue weighted by atomic mass is 9.94. The molecule has 0 aliphatic heterocycles. The van der Waals surface area contributed by atoms with Crippen LogP contribution in [0.1, 0.15) is 24.0 Å². The summed E-state index contributed by atoms with van der Waals surface area (Å²) in [5, 5.41) is 4.42. The molecule has 4 rings (SSSR count). The highest BCUT2D eigenvalue weighted by Crippen LogP contribution is 2.49. The number of likely N-dealkylation sites (N-methyl/N-ethyl adjacent to an activating group) is 1. The van der Waals surface area contributed by atoms with Crippen molar-refractivity contribution in [2.75, 3.05) is 7.05 Å². The van der Waals surface area contributed by atoms with Crippen molar-refractivity contribution in [1.82, 2.24) is 14.7 Å². The first kappa shape index (κ1) is 17.0. The van der Waals surface area contributed by atoms with Gasteiger partial charge < -0.3 is 4.90 Å². The lowest BCUT2D eigenvalue weighted by Crippen LogP contribution is -2.36. The van der Waals surface area contributed by atoms with E-state index in [0.717, 1.165) is 34.1 Å². The van der Waals surface area contributed by atoms with Crippen molar-refractivity contribution in [1.29, 1.82) is 0 Å². The van der Waals surface area contributed by atoms with E-state index < -0.39 is 0 Å². The van der Waals surface area contributed by atoms with Crippen LogP contribution in [-0.2, 0) is 16.8 Å². The van der Waals surface area contributed by atoms with Gasteiger partial charge >= 0.3 is 0 Å². The fourth-order valence-electron chi connectivity index (χ4n) is 3.39. The van der Waals surface area contributed by atoms with Crippen LogP contribution < -0.4 is 0 Å². The van der Waals surface area contributed by atoms with Gasteiger partial charge in [0, 0.05) is 29.8 Å². The van der Waals surface area contributed by atoms with E-state index in [0.29, 0.717) is 6.54 Å². The van der Waals surface area contributed by atoms with Gasteiger partial charge in [0.15, 0.2) is 0 Å². The molecule has 1 heterocycles. The summed E-state index contributed by atoms with van der Waals surface area (Å²) < 4.78 is 2.88. The summed E-state index contributed by atoms with van der Waals surface area (Å²) in [6, 6.07) is 18.1.